The van der Waals surface area contributed by atoms with Crippen LogP contribution in [-0.2, 0) is 22.7 Å². The van der Waals surface area contributed by atoms with Gasteiger partial charge in [0.05, 0.1) is 48.7 Å². The zero-order chi connectivity index (χ0) is 34.2. The number of fused-ring (bicyclic) bond motifs is 1. The highest BCUT2D eigenvalue weighted by Crippen LogP contribution is 2.36. The Morgan fingerprint density at radius 1 is 1.04 bits per heavy atom. The van der Waals surface area contributed by atoms with Crippen LogP contribution in [0.3, 0.4) is 0 Å². The third-order valence-electron chi connectivity index (χ3n) is 8.19. The molecule has 3 heterocycles. The van der Waals surface area contributed by atoms with Gasteiger partial charge in [0, 0.05) is 50.0 Å². The average Bonchev–Trinajstić information content (AvgIpc) is 3.47. The van der Waals surface area contributed by atoms with Crippen molar-refractivity contribution in [3.63, 3.8) is 0 Å². The number of para-hydroxylation sites is 1. The number of nitrogens with zero attached hydrogens (tertiary/aromatic N) is 5. The molecule has 1 saturated heterocycles. The largest absolute Gasteiger partial charge is 0.486 e. The number of urea groups is 1. The highest BCUT2D eigenvalue weighted by molar-refractivity contribution is 6.38. The van der Waals surface area contributed by atoms with Gasteiger partial charge < -0.3 is 35.2 Å². The molecular weight excluding hydrogens is 659 g/mol. The van der Waals surface area contributed by atoms with E-state index in [1.807, 2.05) is 34.9 Å². The van der Waals surface area contributed by atoms with Gasteiger partial charge in [-0.2, -0.15) is 4.98 Å². The Bertz CT molecular complexity index is 1760. The predicted octanol–water partition coefficient (Wildman–Crippen LogP) is 3.85. The minimum atomic E-state index is -0.367. The number of imidazole rings is 1. The number of ether oxygens (including phenoxy) is 2. The quantitative estimate of drug-likeness (QED) is 0.203. The first-order valence-corrected chi connectivity index (χ1v) is 16.2. The van der Waals surface area contributed by atoms with Crippen molar-refractivity contribution in [1.29, 1.82) is 0 Å². The van der Waals surface area contributed by atoms with Crippen molar-refractivity contribution in [2.45, 2.75) is 32.0 Å². The number of carbonyl (C=O) groups is 3. The molecule has 48 heavy (non-hydrogen) atoms. The van der Waals surface area contributed by atoms with Gasteiger partial charge in [0.2, 0.25) is 11.8 Å². The van der Waals surface area contributed by atoms with Crippen LogP contribution in [0, 0.1) is 0 Å². The molecule has 1 aliphatic rings. The fourth-order valence-corrected chi connectivity index (χ4v) is 6.08. The molecule has 15 heteroatoms. The van der Waals surface area contributed by atoms with E-state index >= 15 is 0 Å². The number of piperidine rings is 1. The number of hydrogen-bond acceptors (Lipinski definition) is 8. The molecule has 254 valence electrons. The smallest absolute Gasteiger partial charge is 0.317 e. The van der Waals surface area contributed by atoms with E-state index in [1.54, 1.807) is 50.5 Å². The van der Waals surface area contributed by atoms with Crippen LogP contribution in [0.2, 0.25) is 10.0 Å². The van der Waals surface area contributed by atoms with E-state index in [9.17, 15) is 14.4 Å². The third-order valence-corrected chi connectivity index (χ3v) is 8.97. The van der Waals surface area contributed by atoms with Gasteiger partial charge in [-0.05, 0) is 49.2 Å². The molecule has 0 radical (unpaired) electrons. The van der Waals surface area contributed by atoms with Crippen molar-refractivity contribution in [2.24, 2.45) is 0 Å². The van der Waals surface area contributed by atoms with Crippen molar-refractivity contribution in [1.82, 2.24) is 35.4 Å². The minimum Gasteiger partial charge on any atom is -0.486 e. The summed E-state index contributed by atoms with van der Waals surface area (Å²) in [4.78, 5) is 49.5. The summed E-state index contributed by atoms with van der Waals surface area (Å²) in [5, 5.41) is 9.11. The van der Waals surface area contributed by atoms with E-state index in [-0.39, 0.29) is 48.6 Å². The highest BCUT2D eigenvalue weighted by Gasteiger charge is 2.23. The molecule has 4 aromatic rings. The van der Waals surface area contributed by atoms with Crippen LogP contribution in [0.4, 0.5) is 10.5 Å². The molecule has 2 aromatic heterocycles. The third kappa shape index (κ3) is 8.09. The fourth-order valence-electron chi connectivity index (χ4n) is 5.48. The van der Waals surface area contributed by atoms with Crippen molar-refractivity contribution in [3.05, 3.63) is 76.0 Å². The van der Waals surface area contributed by atoms with E-state index in [0.717, 1.165) is 24.1 Å². The van der Waals surface area contributed by atoms with E-state index in [1.165, 1.54) is 4.90 Å². The molecule has 0 bridgehead atoms. The van der Waals surface area contributed by atoms with Gasteiger partial charge in [-0.1, -0.05) is 35.3 Å². The summed E-state index contributed by atoms with van der Waals surface area (Å²) in [5.74, 6) is -0.176. The van der Waals surface area contributed by atoms with Crippen molar-refractivity contribution >= 4 is 57.8 Å². The maximum Gasteiger partial charge on any atom is 0.317 e. The molecule has 1 fully saturated rings. The molecular formula is C33H38Cl2N8O5. The monoisotopic (exact) mass is 696 g/mol. The summed E-state index contributed by atoms with van der Waals surface area (Å²) in [6.07, 6.45) is 3.21. The van der Waals surface area contributed by atoms with Gasteiger partial charge in [-0.25, -0.2) is 4.79 Å². The number of halogens is 2. The van der Waals surface area contributed by atoms with E-state index < -0.39 is 0 Å². The molecule has 0 saturated carbocycles. The zero-order valence-electron chi connectivity index (χ0n) is 27.0. The molecule has 4 amide bonds. The van der Waals surface area contributed by atoms with Gasteiger partial charge in [0.1, 0.15) is 17.9 Å². The number of likely N-dealkylation sites (tertiary alicyclic amines) is 1. The number of pyridine rings is 1. The molecule has 3 N–H and O–H groups in total. The van der Waals surface area contributed by atoms with Crippen LogP contribution in [0.5, 0.6) is 11.8 Å². The molecule has 2 aromatic carbocycles. The molecule has 13 nitrogen and oxygen atoms in total. The second kappa shape index (κ2) is 16.0. The molecule has 5 rings (SSSR count). The zero-order valence-corrected chi connectivity index (χ0v) is 28.5. The number of amides is 4. The number of hydrogen-bond donors (Lipinski definition) is 3. The number of nitrogens with one attached hydrogen (secondary N) is 3. The number of likely N-dealkylation sites (N-methyl/N-ethyl adjacent to an activating group) is 1. The maximum atomic E-state index is 13.0. The Morgan fingerprint density at radius 3 is 2.54 bits per heavy atom. The van der Waals surface area contributed by atoms with Crippen LogP contribution in [0.15, 0.2) is 54.7 Å². The Morgan fingerprint density at radius 2 is 1.83 bits per heavy atom. The minimum absolute atomic E-state index is 0.00646. The lowest BCUT2D eigenvalue weighted by Gasteiger charge is -2.32. The average molecular weight is 698 g/mol. The van der Waals surface area contributed by atoms with Crippen molar-refractivity contribution < 1.29 is 23.9 Å². The standard InChI is InChI=1S/C33H38Cl2N8O5/c1-36-32(46)42-15-12-21(13-16-42)38-17-28(44)39-18-29(45)41(2)25-11-10-24(34)23(30(25)35)20-48-27-9-6-8-26-31(27)40-33(47-3)43(26)19-22-7-4-5-14-37-22/h4-11,14,21,38H,12-13,15-20H2,1-3H3,(H,36,46)(H,39,44). The molecule has 1 aliphatic heterocycles. The van der Waals surface area contributed by atoms with Crippen LogP contribution in [0.25, 0.3) is 11.0 Å². The number of aromatic nitrogens is 3. The first-order chi connectivity index (χ1) is 23.2. The van der Waals surface area contributed by atoms with Gasteiger partial charge in [0.25, 0.3) is 6.01 Å². The number of benzene rings is 2. The molecule has 0 spiro atoms. The Hall–Kier alpha value is -4.59. The van der Waals surface area contributed by atoms with Crippen LogP contribution < -0.4 is 30.3 Å². The van der Waals surface area contributed by atoms with Crippen LogP contribution in [-0.4, -0.2) is 90.7 Å². The van der Waals surface area contributed by atoms with E-state index in [2.05, 4.69) is 25.9 Å². The van der Waals surface area contributed by atoms with Gasteiger partial charge in [-0.3, -0.25) is 19.1 Å². The second-order valence-electron chi connectivity index (χ2n) is 11.2. The first-order valence-electron chi connectivity index (χ1n) is 15.5. The predicted molar refractivity (Wildman–Crippen MR) is 184 cm³/mol. The summed E-state index contributed by atoms with van der Waals surface area (Å²) < 4.78 is 13.7. The summed E-state index contributed by atoms with van der Waals surface area (Å²) in [6.45, 7) is 1.53. The molecule has 0 atom stereocenters. The summed E-state index contributed by atoms with van der Waals surface area (Å²) in [6, 6.07) is 15.0. The van der Waals surface area contributed by atoms with Crippen molar-refractivity contribution in [3.8, 4) is 11.8 Å². The Labute approximate surface area is 288 Å². The number of carbonyl (C=O) groups excluding carboxylic acids is 3. The van der Waals surface area contributed by atoms with Gasteiger partial charge in [0.15, 0.2) is 0 Å². The fraction of sp³-hybridized carbons (Fsp3) is 0.364. The lowest BCUT2D eigenvalue weighted by Crippen LogP contribution is -2.49. The second-order valence-corrected chi connectivity index (χ2v) is 12.0. The van der Waals surface area contributed by atoms with Gasteiger partial charge in [-0.15, -0.1) is 0 Å². The SMILES string of the molecule is CNC(=O)N1CCC(NCC(=O)NCC(=O)N(C)c2ccc(Cl)c(COc3cccc4c3nc(OC)n4Cc3ccccn3)c2Cl)CC1. The molecule has 0 unspecified atom stereocenters. The van der Waals surface area contributed by atoms with Gasteiger partial charge >= 0.3 is 6.03 Å². The van der Waals surface area contributed by atoms with Crippen LogP contribution >= 0.6 is 23.2 Å². The number of methoxy groups -OCH3 is 1. The maximum absolute atomic E-state index is 13.0. The highest BCUT2D eigenvalue weighted by atomic mass is 35.5. The number of anilines is 1. The van der Waals surface area contributed by atoms with E-state index in [0.29, 0.717) is 53.2 Å². The van der Waals surface area contributed by atoms with Crippen LogP contribution in [0.1, 0.15) is 24.1 Å². The lowest BCUT2D eigenvalue weighted by molar-refractivity contribution is -0.124. The number of rotatable bonds is 12. The van der Waals surface area contributed by atoms with Crippen molar-refractivity contribution in [2.75, 3.05) is 52.3 Å². The topological polar surface area (TPSA) is 143 Å². The normalized spacial score (nSPS) is 13.3. The summed E-state index contributed by atoms with van der Waals surface area (Å²) >= 11 is 13.3. The first kappa shape index (κ1) is 34.7. The Balaban J connectivity index is 1.19. The summed E-state index contributed by atoms with van der Waals surface area (Å²) in [5.41, 5.74) is 3.15. The summed E-state index contributed by atoms with van der Waals surface area (Å²) in [7, 11) is 4.74. The lowest BCUT2D eigenvalue weighted by atomic mass is 10.1. The van der Waals surface area contributed by atoms with E-state index in [4.69, 9.17) is 32.7 Å². The molecule has 0 aliphatic carbocycles. The Kier molecular flexibility index (Phi) is 11.6.